The zero-order chi connectivity index (χ0) is 14.3. The second-order valence-electron chi connectivity index (χ2n) is 5.10. The zero-order valence-electron chi connectivity index (χ0n) is 12.0. The van der Waals surface area contributed by atoms with Gasteiger partial charge in [-0.2, -0.15) is 0 Å². The topological polar surface area (TPSA) is 72.9 Å². The average molecular weight is 259 g/mol. The summed E-state index contributed by atoms with van der Waals surface area (Å²) in [4.78, 5) is 26.5. The van der Waals surface area contributed by atoms with Crippen LogP contribution in [-0.2, 0) is 4.79 Å². The molecule has 18 heavy (non-hydrogen) atoms. The lowest BCUT2D eigenvalue weighted by Gasteiger charge is -2.27. The van der Waals surface area contributed by atoms with E-state index in [4.69, 9.17) is 5.11 Å². The second-order valence-corrected chi connectivity index (χ2v) is 5.10. The molecule has 0 heterocycles. The number of carboxylic acid groups (broad SMARTS) is 1. The van der Waals surface area contributed by atoms with E-state index in [1.54, 1.807) is 4.90 Å². The Hall–Kier alpha value is -1.30. The quantitative estimate of drug-likeness (QED) is 0.710. The van der Waals surface area contributed by atoms with Crippen LogP contribution in [0.1, 0.15) is 27.2 Å². The van der Waals surface area contributed by atoms with Crippen LogP contribution < -0.4 is 5.32 Å². The number of hydrogen-bond donors (Lipinski definition) is 2. The van der Waals surface area contributed by atoms with Gasteiger partial charge in [0, 0.05) is 13.1 Å². The molecular formula is C12H25N3O3. The van der Waals surface area contributed by atoms with Crippen LogP contribution in [0.3, 0.4) is 0 Å². The fraction of sp³-hybridized carbons (Fsp3) is 0.833. The molecule has 0 spiro atoms. The van der Waals surface area contributed by atoms with Crippen molar-refractivity contribution in [1.82, 2.24) is 15.1 Å². The molecule has 0 bridgehead atoms. The smallest absolute Gasteiger partial charge is 0.328 e. The van der Waals surface area contributed by atoms with Crippen molar-refractivity contribution in [2.45, 2.75) is 32.7 Å². The van der Waals surface area contributed by atoms with Crippen molar-refractivity contribution in [2.75, 3.05) is 33.7 Å². The van der Waals surface area contributed by atoms with Crippen LogP contribution in [0, 0.1) is 0 Å². The van der Waals surface area contributed by atoms with Gasteiger partial charge in [0.2, 0.25) is 0 Å². The Balaban J connectivity index is 4.31. The summed E-state index contributed by atoms with van der Waals surface area (Å²) >= 11 is 0. The molecule has 2 N–H and O–H groups in total. The van der Waals surface area contributed by atoms with Crippen molar-refractivity contribution in [3.8, 4) is 0 Å². The standard InChI is InChI=1S/C12H25N3O3/c1-6-15(9-7-8-14(4)5)11(18)13-12(2,3)10(16)17/h6-9H2,1-5H3,(H,13,18)(H,16,17). The number of carbonyl (C=O) groups is 2. The third kappa shape index (κ3) is 5.86. The Labute approximate surface area is 109 Å². The summed E-state index contributed by atoms with van der Waals surface area (Å²) in [5, 5.41) is 11.5. The molecule has 0 aromatic heterocycles. The Morgan fingerprint density at radius 1 is 1.22 bits per heavy atom. The highest BCUT2D eigenvalue weighted by atomic mass is 16.4. The molecule has 0 unspecified atom stereocenters. The van der Waals surface area contributed by atoms with E-state index in [0.717, 1.165) is 13.0 Å². The second kappa shape index (κ2) is 7.20. The van der Waals surface area contributed by atoms with Crippen LogP contribution in [0.2, 0.25) is 0 Å². The third-order valence-corrected chi connectivity index (χ3v) is 2.66. The van der Waals surface area contributed by atoms with Crippen LogP contribution in [0.4, 0.5) is 4.79 Å². The fourth-order valence-electron chi connectivity index (χ4n) is 1.38. The summed E-state index contributed by atoms with van der Waals surface area (Å²) in [7, 11) is 3.95. The highest BCUT2D eigenvalue weighted by Crippen LogP contribution is 2.04. The van der Waals surface area contributed by atoms with Crippen molar-refractivity contribution < 1.29 is 14.7 Å². The van der Waals surface area contributed by atoms with E-state index < -0.39 is 11.5 Å². The molecule has 2 amide bonds. The first-order chi connectivity index (χ1) is 8.20. The Morgan fingerprint density at radius 2 is 1.78 bits per heavy atom. The number of amides is 2. The Morgan fingerprint density at radius 3 is 2.17 bits per heavy atom. The van der Waals surface area contributed by atoms with Gasteiger partial charge in [0.25, 0.3) is 0 Å². The van der Waals surface area contributed by atoms with Gasteiger partial charge in [-0.05, 0) is 47.8 Å². The van der Waals surface area contributed by atoms with Crippen LogP contribution in [0.15, 0.2) is 0 Å². The van der Waals surface area contributed by atoms with Crippen molar-refractivity contribution in [1.29, 1.82) is 0 Å². The first-order valence-corrected chi connectivity index (χ1v) is 6.16. The van der Waals surface area contributed by atoms with Gasteiger partial charge in [0.05, 0.1) is 0 Å². The van der Waals surface area contributed by atoms with Crippen LogP contribution in [0.5, 0.6) is 0 Å². The van der Waals surface area contributed by atoms with Crippen molar-refractivity contribution >= 4 is 12.0 Å². The predicted molar refractivity (Wildman–Crippen MR) is 70.7 cm³/mol. The van der Waals surface area contributed by atoms with Gasteiger partial charge in [-0.15, -0.1) is 0 Å². The SMILES string of the molecule is CCN(CCCN(C)C)C(=O)NC(C)(C)C(=O)O. The van der Waals surface area contributed by atoms with E-state index in [1.807, 2.05) is 25.9 Å². The summed E-state index contributed by atoms with van der Waals surface area (Å²) in [6, 6.07) is -0.330. The van der Waals surface area contributed by atoms with Crippen LogP contribution >= 0.6 is 0 Å². The van der Waals surface area contributed by atoms with Crippen molar-refractivity contribution in [2.24, 2.45) is 0 Å². The molecular weight excluding hydrogens is 234 g/mol. The van der Waals surface area contributed by atoms with Crippen LogP contribution in [0.25, 0.3) is 0 Å². The van der Waals surface area contributed by atoms with Crippen molar-refractivity contribution in [3.63, 3.8) is 0 Å². The lowest BCUT2D eigenvalue weighted by Crippen LogP contribution is -2.54. The monoisotopic (exact) mass is 259 g/mol. The number of urea groups is 1. The van der Waals surface area contributed by atoms with Gasteiger partial charge in [-0.25, -0.2) is 9.59 Å². The minimum atomic E-state index is -1.24. The molecule has 0 radical (unpaired) electrons. The van der Waals surface area contributed by atoms with Gasteiger partial charge < -0.3 is 20.2 Å². The fourth-order valence-corrected chi connectivity index (χ4v) is 1.38. The first-order valence-electron chi connectivity index (χ1n) is 6.16. The van der Waals surface area contributed by atoms with Gasteiger partial charge >= 0.3 is 12.0 Å². The summed E-state index contributed by atoms with van der Waals surface area (Å²) in [6.45, 7) is 6.90. The molecule has 0 aromatic rings. The number of aliphatic carboxylic acids is 1. The Kier molecular flexibility index (Phi) is 6.68. The number of rotatable bonds is 7. The van der Waals surface area contributed by atoms with E-state index in [2.05, 4.69) is 5.32 Å². The zero-order valence-corrected chi connectivity index (χ0v) is 12.0. The normalized spacial score (nSPS) is 11.4. The molecule has 0 aromatic carbocycles. The molecule has 0 saturated heterocycles. The number of carboxylic acids is 1. The lowest BCUT2D eigenvalue weighted by molar-refractivity contribution is -0.143. The number of hydrogen-bond acceptors (Lipinski definition) is 3. The summed E-state index contributed by atoms with van der Waals surface area (Å²) in [6.07, 6.45) is 0.863. The number of carbonyl (C=O) groups excluding carboxylic acids is 1. The van der Waals surface area contributed by atoms with E-state index in [0.29, 0.717) is 13.1 Å². The van der Waals surface area contributed by atoms with Gasteiger partial charge in [0.15, 0.2) is 0 Å². The highest BCUT2D eigenvalue weighted by molar-refractivity contribution is 5.85. The van der Waals surface area contributed by atoms with Crippen LogP contribution in [-0.4, -0.2) is 66.2 Å². The number of nitrogens with one attached hydrogen (secondary N) is 1. The van der Waals surface area contributed by atoms with Gasteiger partial charge in [-0.1, -0.05) is 0 Å². The molecule has 6 nitrogen and oxygen atoms in total. The van der Waals surface area contributed by atoms with E-state index >= 15 is 0 Å². The largest absolute Gasteiger partial charge is 0.480 e. The minimum Gasteiger partial charge on any atom is -0.480 e. The third-order valence-electron chi connectivity index (χ3n) is 2.66. The number of nitrogens with zero attached hydrogens (tertiary/aromatic N) is 2. The maximum Gasteiger partial charge on any atom is 0.328 e. The summed E-state index contributed by atoms with van der Waals surface area (Å²) in [5.41, 5.74) is -1.24. The minimum absolute atomic E-state index is 0.330. The molecule has 0 saturated carbocycles. The predicted octanol–water partition coefficient (Wildman–Crippen LogP) is 0.833. The molecule has 6 heteroatoms. The maximum absolute atomic E-state index is 11.9. The summed E-state index contributed by atoms with van der Waals surface area (Å²) < 4.78 is 0. The maximum atomic E-state index is 11.9. The van der Waals surface area contributed by atoms with Gasteiger partial charge in [0.1, 0.15) is 5.54 Å². The molecule has 0 fully saturated rings. The Bertz CT molecular complexity index is 290. The van der Waals surface area contributed by atoms with Gasteiger partial charge in [-0.3, -0.25) is 0 Å². The molecule has 0 aliphatic rings. The molecule has 0 atom stereocenters. The first kappa shape index (κ1) is 16.7. The van der Waals surface area contributed by atoms with E-state index in [9.17, 15) is 9.59 Å². The van der Waals surface area contributed by atoms with Crippen molar-refractivity contribution in [3.05, 3.63) is 0 Å². The molecule has 0 aliphatic heterocycles. The van der Waals surface area contributed by atoms with E-state index in [-0.39, 0.29) is 6.03 Å². The molecule has 0 aliphatic carbocycles. The highest BCUT2D eigenvalue weighted by Gasteiger charge is 2.30. The molecule has 0 rings (SSSR count). The lowest BCUT2D eigenvalue weighted by atomic mass is 10.1. The van der Waals surface area contributed by atoms with E-state index in [1.165, 1.54) is 13.8 Å². The molecule has 106 valence electrons. The average Bonchev–Trinajstić information content (AvgIpc) is 2.22. The summed E-state index contributed by atoms with van der Waals surface area (Å²) in [5.74, 6) is -1.04.